The Morgan fingerprint density at radius 2 is 2.13 bits per heavy atom. The smallest absolute Gasteiger partial charge is 0.185 e. The Labute approximate surface area is 142 Å². The fourth-order valence-corrected chi connectivity index (χ4v) is 4.33. The Kier molecular flexibility index (Phi) is 5.33. The third-order valence-corrected chi connectivity index (χ3v) is 5.72. The molecule has 1 atom stereocenters. The van der Waals surface area contributed by atoms with Crippen molar-refractivity contribution in [1.29, 1.82) is 0 Å². The first-order valence-corrected chi connectivity index (χ1v) is 9.56. The molecular weight excluding hydrogens is 306 g/mol. The molecule has 3 rings (SSSR count). The summed E-state index contributed by atoms with van der Waals surface area (Å²) in [5, 5.41) is 9.38. The molecule has 0 aromatic carbocycles. The zero-order valence-electron chi connectivity index (χ0n) is 14.4. The first-order chi connectivity index (χ1) is 11.3. The molecule has 1 aliphatic rings. The van der Waals surface area contributed by atoms with E-state index in [0.29, 0.717) is 6.04 Å². The second-order valence-electron chi connectivity index (χ2n) is 5.97. The maximum absolute atomic E-state index is 4.57. The number of anilines is 1. The second-order valence-corrected chi connectivity index (χ2v) is 7.06. The van der Waals surface area contributed by atoms with Crippen molar-refractivity contribution in [3.8, 4) is 0 Å². The average molecular weight is 334 g/mol. The molecule has 0 saturated carbocycles. The molecule has 0 radical (unpaired) electrons. The van der Waals surface area contributed by atoms with E-state index in [1.54, 1.807) is 11.3 Å². The van der Waals surface area contributed by atoms with Gasteiger partial charge in [-0.05, 0) is 40.0 Å². The molecule has 0 fully saturated rings. The van der Waals surface area contributed by atoms with E-state index >= 15 is 0 Å². The van der Waals surface area contributed by atoms with E-state index in [2.05, 4.69) is 51.9 Å². The van der Waals surface area contributed by atoms with Gasteiger partial charge in [-0.1, -0.05) is 0 Å². The quantitative estimate of drug-likeness (QED) is 0.844. The SMILES string of the molecule is CCN(CC)c1ncc(CN[C@@H]2CCCc3c2cnn3CC)s1. The molecule has 5 nitrogen and oxygen atoms in total. The lowest BCUT2D eigenvalue weighted by atomic mass is 9.93. The molecule has 23 heavy (non-hydrogen) atoms. The Morgan fingerprint density at radius 1 is 1.30 bits per heavy atom. The molecule has 0 amide bonds. The first-order valence-electron chi connectivity index (χ1n) is 8.74. The van der Waals surface area contributed by atoms with Gasteiger partial charge in [-0.15, -0.1) is 11.3 Å². The highest BCUT2D eigenvalue weighted by Crippen LogP contribution is 2.30. The molecular formula is C17H27N5S. The minimum absolute atomic E-state index is 0.429. The molecule has 2 aromatic rings. The molecule has 0 unspecified atom stereocenters. The van der Waals surface area contributed by atoms with Gasteiger partial charge >= 0.3 is 0 Å². The minimum atomic E-state index is 0.429. The molecule has 0 bridgehead atoms. The van der Waals surface area contributed by atoms with Crippen molar-refractivity contribution >= 4 is 16.5 Å². The third kappa shape index (κ3) is 3.43. The van der Waals surface area contributed by atoms with E-state index in [0.717, 1.165) is 37.7 Å². The van der Waals surface area contributed by atoms with Gasteiger partial charge in [0.2, 0.25) is 0 Å². The monoisotopic (exact) mass is 333 g/mol. The predicted octanol–water partition coefficient (Wildman–Crippen LogP) is 3.37. The maximum atomic E-state index is 4.57. The number of thiazole rings is 1. The van der Waals surface area contributed by atoms with E-state index in [9.17, 15) is 0 Å². The normalized spacial score (nSPS) is 17.3. The van der Waals surface area contributed by atoms with Crippen LogP contribution >= 0.6 is 11.3 Å². The highest BCUT2D eigenvalue weighted by atomic mass is 32.1. The molecule has 2 heterocycles. The van der Waals surface area contributed by atoms with Gasteiger partial charge in [0.1, 0.15) is 0 Å². The lowest BCUT2D eigenvalue weighted by molar-refractivity contribution is 0.449. The van der Waals surface area contributed by atoms with Crippen LogP contribution in [-0.4, -0.2) is 27.9 Å². The van der Waals surface area contributed by atoms with Crippen LogP contribution in [0.3, 0.4) is 0 Å². The second kappa shape index (κ2) is 7.45. The fraction of sp³-hybridized carbons (Fsp3) is 0.647. The van der Waals surface area contributed by atoms with Crippen molar-refractivity contribution in [1.82, 2.24) is 20.1 Å². The summed E-state index contributed by atoms with van der Waals surface area (Å²) in [7, 11) is 0. The number of nitrogens with zero attached hydrogens (tertiary/aromatic N) is 4. The molecule has 126 valence electrons. The van der Waals surface area contributed by atoms with Crippen molar-refractivity contribution in [2.24, 2.45) is 0 Å². The van der Waals surface area contributed by atoms with Crippen molar-refractivity contribution in [3.63, 3.8) is 0 Å². The molecule has 1 aliphatic carbocycles. The lowest BCUT2D eigenvalue weighted by Gasteiger charge is -2.24. The van der Waals surface area contributed by atoms with Crippen molar-refractivity contribution in [2.45, 2.75) is 59.2 Å². The molecule has 6 heteroatoms. The van der Waals surface area contributed by atoms with Crippen LogP contribution in [0, 0.1) is 0 Å². The lowest BCUT2D eigenvalue weighted by Crippen LogP contribution is -2.24. The molecule has 2 aromatic heterocycles. The van der Waals surface area contributed by atoms with Crippen LogP contribution in [0.25, 0.3) is 0 Å². The van der Waals surface area contributed by atoms with Crippen molar-refractivity contribution in [3.05, 3.63) is 28.5 Å². The summed E-state index contributed by atoms with van der Waals surface area (Å²) in [5.41, 5.74) is 2.82. The number of hydrogen-bond acceptors (Lipinski definition) is 5. The Hall–Kier alpha value is -1.40. The highest BCUT2D eigenvalue weighted by Gasteiger charge is 2.23. The van der Waals surface area contributed by atoms with Gasteiger partial charge in [-0.3, -0.25) is 4.68 Å². The number of fused-ring (bicyclic) bond motifs is 1. The Balaban J connectivity index is 1.65. The summed E-state index contributed by atoms with van der Waals surface area (Å²) in [6, 6.07) is 0.429. The standard InChI is InChI=1S/C17H27N5S/c1-4-21(5-2)17-19-11-13(23-17)10-18-15-8-7-9-16-14(15)12-20-22(16)6-3/h11-12,15,18H,4-10H2,1-3H3/t15-/m1/s1. The summed E-state index contributed by atoms with van der Waals surface area (Å²) >= 11 is 1.80. The van der Waals surface area contributed by atoms with Crippen molar-refractivity contribution < 1.29 is 0 Å². The number of nitrogens with one attached hydrogen (secondary N) is 1. The minimum Gasteiger partial charge on any atom is -0.349 e. The van der Waals surface area contributed by atoms with Gasteiger partial charge in [-0.25, -0.2) is 4.98 Å². The maximum Gasteiger partial charge on any atom is 0.185 e. The predicted molar refractivity (Wildman–Crippen MR) is 96.1 cm³/mol. The van der Waals surface area contributed by atoms with Crippen LogP contribution in [0.2, 0.25) is 0 Å². The summed E-state index contributed by atoms with van der Waals surface area (Å²) in [5.74, 6) is 0. The molecule has 1 N–H and O–H groups in total. The van der Waals surface area contributed by atoms with E-state index in [4.69, 9.17) is 0 Å². The zero-order chi connectivity index (χ0) is 16.2. The summed E-state index contributed by atoms with van der Waals surface area (Å²) in [6.07, 6.45) is 7.68. The van der Waals surface area contributed by atoms with Gasteiger partial charge in [0.25, 0.3) is 0 Å². The highest BCUT2D eigenvalue weighted by molar-refractivity contribution is 7.15. The number of rotatable bonds is 7. The van der Waals surface area contributed by atoms with Crippen LogP contribution in [0.15, 0.2) is 12.4 Å². The Bertz CT molecular complexity index is 629. The van der Waals surface area contributed by atoms with Gasteiger partial charge in [0, 0.05) is 54.6 Å². The fourth-order valence-electron chi connectivity index (χ4n) is 3.35. The van der Waals surface area contributed by atoms with Gasteiger partial charge in [-0.2, -0.15) is 5.10 Å². The first kappa shape index (κ1) is 16.5. The van der Waals surface area contributed by atoms with Gasteiger partial charge < -0.3 is 10.2 Å². The van der Waals surface area contributed by atoms with E-state index in [1.165, 1.54) is 29.0 Å². The number of aromatic nitrogens is 3. The van der Waals surface area contributed by atoms with E-state index < -0.39 is 0 Å². The summed E-state index contributed by atoms with van der Waals surface area (Å²) < 4.78 is 2.15. The average Bonchev–Trinajstić information content (AvgIpc) is 3.21. The van der Waals surface area contributed by atoms with Crippen LogP contribution in [0.1, 0.15) is 55.8 Å². The Morgan fingerprint density at radius 3 is 2.87 bits per heavy atom. The zero-order valence-corrected chi connectivity index (χ0v) is 15.2. The van der Waals surface area contributed by atoms with Crippen LogP contribution < -0.4 is 10.2 Å². The number of hydrogen-bond donors (Lipinski definition) is 1. The molecule has 0 aliphatic heterocycles. The topological polar surface area (TPSA) is 46.0 Å². The summed E-state index contributed by atoms with van der Waals surface area (Å²) in [6.45, 7) is 10.4. The van der Waals surface area contributed by atoms with Crippen LogP contribution in [0.5, 0.6) is 0 Å². The largest absolute Gasteiger partial charge is 0.349 e. The van der Waals surface area contributed by atoms with E-state index in [1.807, 2.05) is 6.20 Å². The summed E-state index contributed by atoms with van der Waals surface area (Å²) in [4.78, 5) is 8.18. The van der Waals surface area contributed by atoms with Crippen molar-refractivity contribution in [2.75, 3.05) is 18.0 Å². The van der Waals surface area contributed by atoms with E-state index in [-0.39, 0.29) is 0 Å². The number of aryl methyl sites for hydroxylation is 1. The molecule has 0 spiro atoms. The van der Waals surface area contributed by atoms with Crippen LogP contribution in [0.4, 0.5) is 5.13 Å². The van der Waals surface area contributed by atoms with Crippen LogP contribution in [-0.2, 0) is 19.5 Å². The van der Waals surface area contributed by atoms with Gasteiger partial charge in [0.15, 0.2) is 5.13 Å². The third-order valence-electron chi connectivity index (χ3n) is 4.66. The van der Waals surface area contributed by atoms with Gasteiger partial charge in [0.05, 0.1) is 6.20 Å². The molecule has 0 saturated heterocycles.